The fraction of sp³-hybridized carbons (Fsp3) is 0.444. The van der Waals surface area contributed by atoms with Crippen LogP contribution in [0.1, 0.15) is 57.1 Å². The van der Waals surface area contributed by atoms with Crippen LogP contribution in [-0.4, -0.2) is 63.1 Å². The Labute approximate surface area is 224 Å². The first-order valence-corrected chi connectivity index (χ1v) is 13.2. The van der Waals surface area contributed by atoms with E-state index in [1.54, 1.807) is 18.6 Å². The molecule has 12 heteroatoms. The molecule has 2 N–H and O–H groups in total. The van der Waals surface area contributed by atoms with Crippen molar-refractivity contribution in [1.82, 2.24) is 38.7 Å². The van der Waals surface area contributed by atoms with Gasteiger partial charge in [-0.25, -0.2) is 15.0 Å². The van der Waals surface area contributed by atoms with Gasteiger partial charge in [-0.3, -0.25) is 9.08 Å². The summed E-state index contributed by atoms with van der Waals surface area (Å²) in [5.74, 6) is 3.97. The van der Waals surface area contributed by atoms with Crippen LogP contribution in [0.15, 0.2) is 36.9 Å². The van der Waals surface area contributed by atoms with Crippen molar-refractivity contribution in [3.05, 3.63) is 48.4 Å². The summed E-state index contributed by atoms with van der Waals surface area (Å²) in [7, 11) is 1.92. The number of nitrogens with zero attached hydrogens (tertiary/aromatic N) is 8. The number of hydrogen-bond acceptors (Lipinski definition) is 9. The van der Waals surface area contributed by atoms with Gasteiger partial charge in [0.1, 0.15) is 23.7 Å². The van der Waals surface area contributed by atoms with Gasteiger partial charge < -0.3 is 24.5 Å². The zero-order valence-electron chi connectivity index (χ0n) is 22.4. The Bertz CT molecular complexity index is 1690. The van der Waals surface area contributed by atoms with E-state index in [4.69, 9.17) is 14.6 Å². The average molecular weight is 530 g/mol. The van der Waals surface area contributed by atoms with Gasteiger partial charge in [0, 0.05) is 36.2 Å². The van der Waals surface area contributed by atoms with E-state index in [2.05, 4.69) is 46.0 Å². The lowest BCUT2D eigenvalue weighted by Gasteiger charge is -2.24. The number of pyridine rings is 1. The number of aliphatic hydroxyl groups excluding tert-OH is 1. The van der Waals surface area contributed by atoms with E-state index >= 15 is 0 Å². The third-order valence-corrected chi connectivity index (χ3v) is 7.36. The molecular formula is C27H31N9O3. The maximum absolute atomic E-state index is 10.4. The van der Waals surface area contributed by atoms with Crippen molar-refractivity contribution in [1.29, 1.82) is 0 Å². The lowest BCUT2D eigenvalue weighted by molar-refractivity contribution is 0.117. The van der Waals surface area contributed by atoms with Crippen LogP contribution in [0.3, 0.4) is 0 Å². The van der Waals surface area contributed by atoms with Crippen molar-refractivity contribution in [2.24, 2.45) is 7.05 Å². The average Bonchev–Trinajstić information content (AvgIpc) is 3.20. The SMILES string of the molecule is Cn1c(Nc2cc(C(C)(C)C)n([C@H]3COC[C@H]3O)n2)nc2ncc(Oc3cnc4cnc(C5CC5)n4c3)cc21. The van der Waals surface area contributed by atoms with Crippen LogP contribution in [0.2, 0.25) is 0 Å². The molecule has 1 saturated heterocycles. The van der Waals surface area contributed by atoms with Crippen LogP contribution in [0.25, 0.3) is 16.8 Å². The molecule has 1 aliphatic heterocycles. The molecule has 5 aromatic rings. The Kier molecular flexibility index (Phi) is 5.39. The van der Waals surface area contributed by atoms with Gasteiger partial charge in [0.25, 0.3) is 0 Å². The smallest absolute Gasteiger partial charge is 0.210 e. The molecule has 1 aliphatic carbocycles. The summed E-state index contributed by atoms with van der Waals surface area (Å²) in [6, 6.07) is 3.68. The molecule has 0 radical (unpaired) electrons. The third-order valence-electron chi connectivity index (χ3n) is 7.36. The lowest BCUT2D eigenvalue weighted by Crippen LogP contribution is -2.28. The quantitative estimate of drug-likeness (QED) is 0.337. The van der Waals surface area contributed by atoms with Crippen LogP contribution in [0.5, 0.6) is 11.5 Å². The summed E-state index contributed by atoms with van der Waals surface area (Å²) in [6.07, 6.45) is 8.82. The van der Waals surface area contributed by atoms with Crippen molar-refractivity contribution < 1.29 is 14.6 Å². The minimum Gasteiger partial charge on any atom is -0.452 e. The second kappa shape index (κ2) is 8.75. The molecule has 0 bridgehead atoms. The molecule has 2 fully saturated rings. The molecule has 0 amide bonds. The molecule has 1 saturated carbocycles. The molecule has 5 aromatic heterocycles. The molecule has 6 heterocycles. The van der Waals surface area contributed by atoms with Gasteiger partial charge in [-0.1, -0.05) is 20.8 Å². The lowest BCUT2D eigenvalue weighted by atomic mass is 9.91. The molecule has 12 nitrogen and oxygen atoms in total. The normalized spacial score (nSPS) is 19.8. The van der Waals surface area contributed by atoms with Gasteiger partial charge in [0.05, 0.1) is 43.5 Å². The van der Waals surface area contributed by atoms with Crippen LogP contribution >= 0.6 is 0 Å². The number of fused-ring (bicyclic) bond motifs is 2. The number of hydrogen-bond donors (Lipinski definition) is 2. The van der Waals surface area contributed by atoms with Crippen LogP contribution < -0.4 is 10.1 Å². The van der Waals surface area contributed by atoms with Crippen molar-refractivity contribution in [2.75, 3.05) is 18.5 Å². The topological polar surface area (TPSA) is 129 Å². The Morgan fingerprint density at radius 3 is 2.62 bits per heavy atom. The summed E-state index contributed by atoms with van der Waals surface area (Å²) in [5, 5.41) is 18.6. The van der Waals surface area contributed by atoms with Crippen molar-refractivity contribution in [3.8, 4) is 11.5 Å². The van der Waals surface area contributed by atoms with Gasteiger partial charge in [-0.2, -0.15) is 10.1 Å². The Balaban J connectivity index is 1.17. The summed E-state index contributed by atoms with van der Waals surface area (Å²) >= 11 is 0. The summed E-state index contributed by atoms with van der Waals surface area (Å²) in [6.45, 7) is 7.11. The number of nitrogens with one attached hydrogen (secondary N) is 1. The number of aryl methyl sites for hydroxylation is 1. The highest BCUT2D eigenvalue weighted by atomic mass is 16.5. The van der Waals surface area contributed by atoms with E-state index in [1.165, 1.54) is 0 Å². The summed E-state index contributed by atoms with van der Waals surface area (Å²) in [5.41, 5.74) is 3.03. The Morgan fingerprint density at radius 2 is 1.87 bits per heavy atom. The van der Waals surface area contributed by atoms with Gasteiger partial charge in [0.15, 0.2) is 22.9 Å². The fourth-order valence-electron chi connectivity index (χ4n) is 5.08. The monoisotopic (exact) mass is 529 g/mol. The first kappa shape index (κ1) is 24.0. The molecule has 202 valence electrons. The van der Waals surface area contributed by atoms with Crippen LogP contribution in [0.4, 0.5) is 11.8 Å². The molecule has 2 atom stereocenters. The second-order valence-corrected chi connectivity index (χ2v) is 11.4. The van der Waals surface area contributed by atoms with E-state index < -0.39 is 6.10 Å². The van der Waals surface area contributed by atoms with Gasteiger partial charge >= 0.3 is 0 Å². The largest absolute Gasteiger partial charge is 0.452 e. The van der Waals surface area contributed by atoms with E-state index in [0.29, 0.717) is 48.0 Å². The highest BCUT2D eigenvalue weighted by Gasteiger charge is 2.33. The predicted molar refractivity (Wildman–Crippen MR) is 144 cm³/mol. The minimum absolute atomic E-state index is 0.177. The van der Waals surface area contributed by atoms with E-state index in [-0.39, 0.29) is 11.5 Å². The first-order valence-electron chi connectivity index (χ1n) is 13.2. The molecular weight excluding hydrogens is 498 g/mol. The zero-order valence-corrected chi connectivity index (χ0v) is 22.4. The molecule has 39 heavy (non-hydrogen) atoms. The number of aromatic nitrogens is 8. The molecule has 0 spiro atoms. The van der Waals surface area contributed by atoms with E-state index in [1.807, 2.05) is 39.0 Å². The molecule has 7 rings (SSSR count). The van der Waals surface area contributed by atoms with Gasteiger partial charge in [-0.15, -0.1) is 0 Å². The number of aliphatic hydroxyl groups is 1. The number of anilines is 2. The Morgan fingerprint density at radius 1 is 1.05 bits per heavy atom. The van der Waals surface area contributed by atoms with Crippen molar-refractivity contribution >= 4 is 28.6 Å². The minimum atomic E-state index is -0.595. The summed E-state index contributed by atoms with van der Waals surface area (Å²) in [4.78, 5) is 18.2. The first-order chi connectivity index (χ1) is 18.7. The highest BCUT2D eigenvalue weighted by Crippen LogP contribution is 2.39. The van der Waals surface area contributed by atoms with E-state index in [9.17, 15) is 5.11 Å². The third kappa shape index (κ3) is 4.29. The van der Waals surface area contributed by atoms with Crippen LogP contribution in [0, 0.1) is 0 Å². The van der Waals surface area contributed by atoms with Gasteiger partial charge in [0.2, 0.25) is 5.95 Å². The number of imidazole rings is 2. The second-order valence-electron chi connectivity index (χ2n) is 11.4. The van der Waals surface area contributed by atoms with Gasteiger partial charge in [-0.05, 0) is 12.8 Å². The van der Waals surface area contributed by atoms with Crippen molar-refractivity contribution in [3.63, 3.8) is 0 Å². The fourth-order valence-corrected chi connectivity index (χ4v) is 5.08. The highest BCUT2D eigenvalue weighted by molar-refractivity contribution is 5.77. The number of ether oxygens (including phenoxy) is 2. The zero-order chi connectivity index (χ0) is 26.9. The van der Waals surface area contributed by atoms with Crippen molar-refractivity contribution in [2.45, 2.75) is 57.1 Å². The molecule has 0 unspecified atom stereocenters. The Hall–Kier alpha value is -4.03. The molecule has 0 aromatic carbocycles. The number of rotatable bonds is 6. The molecule has 2 aliphatic rings. The predicted octanol–water partition coefficient (Wildman–Crippen LogP) is 3.85. The summed E-state index contributed by atoms with van der Waals surface area (Å²) < 4.78 is 17.4. The maximum atomic E-state index is 10.4. The maximum Gasteiger partial charge on any atom is 0.210 e. The van der Waals surface area contributed by atoms with E-state index in [0.717, 1.165) is 35.5 Å². The standard InChI is InChI=1S/C27H31N9O3/c1-27(2,3)21-8-22(33-36(21)19-13-38-14-20(19)37)31-26-32-24-18(34(26)4)7-16(9-29-24)39-17-10-28-23-11-30-25(15-5-6-15)35(23)12-17/h7-12,15,19-20,37H,5-6,13-14H2,1-4H3,(H,29,31,32,33)/t19-,20+/m0/s1. The van der Waals surface area contributed by atoms with Crippen LogP contribution in [-0.2, 0) is 17.2 Å².